The van der Waals surface area contributed by atoms with Crippen LogP contribution in [0.15, 0.2) is 35.0 Å². The second-order valence-electron chi connectivity index (χ2n) is 4.58. The summed E-state index contributed by atoms with van der Waals surface area (Å²) in [5, 5.41) is 7.53. The van der Waals surface area contributed by atoms with Gasteiger partial charge in [0.15, 0.2) is 11.5 Å². The molecule has 0 atom stereocenters. The van der Waals surface area contributed by atoms with Crippen molar-refractivity contribution < 1.29 is 9.47 Å². The molecule has 0 saturated heterocycles. The molecular formula is C16H21NO2S. The van der Waals surface area contributed by atoms with Crippen LogP contribution in [0.5, 0.6) is 11.5 Å². The molecule has 3 nitrogen and oxygen atoms in total. The number of nitrogens with one attached hydrogen (secondary N) is 1. The molecule has 4 heteroatoms. The molecule has 1 aromatic carbocycles. The van der Waals surface area contributed by atoms with Crippen molar-refractivity contribution in [3.05, 3.63) is 46.2 Å². The minimum Gasteiger partial charge on any atom is -0.493 e. The highest BCUT2D eigenvalue weighted by molar-refractivity contribution is 7.07. The lowest BCUT2D eigenvalue weighted by Gasteiger charge is -2.12. The van der Waals surface area contributed by atoms with Crippen molar-refractivity contribution in [3.63, 3.8) is 0 Å². The molecule has 1 aromatic heterocycles. The molecule has 0 aliphatic heterocycles. The van der Waals surface area contributed by atoms with E-state index in [4.69, 9.17) is 9.47 Å². The van der Waals surface area contributed by atoms with E-state index in [0.29, 0.717) is 6.61 Å². The van der Waals surface area contributed by atoms with Crippen LogP contribution in [-0.2, 0) is 13.2 Å². The Kier molecular flexibility index (Phi) is 5.89. The smallest absolute Gasteiger partial charge is 0.161 e. The first kappa shape index (κ1) is 14.9. The maximum absolute atomic E-state index is 5.81. The number of ether oxygens (including phenoxy) is 2. The summed E-state index contributed by atoms with van der Waals surface area (Å²) in [5.41, 5.74) is 2.39. The van der Waals surface area contributed by atoms with E-state index in [-0.39, 0.29) is 0 Å². The van der Waals surface area contributed by atoms with Gasteiger partial charge >= 0.3 is 0 Å². The second kappa shape index (κ2) is 7.92. The van der Waals surface area contributed by atoms with Crippen molar-refractivity contribution in [1.29, 1.82) is 0 Å². The predicted octanol–water partition coefficient (Wildman–Crippen LogP) is 3.84. The molecule has 0 radical (unpaired) electrons. The van der Waals surface area contributed by atoms with Crippen molar-refractivity contribution in [2.75, 3.05) is 13.7 Å². The molecule has 0 aliphatic rings. The third kappa shape index (κ3) is 4.25. The first-order valence-corrected chi connectivity index (χ1v) is 7.79. The van der Waals surface area contributed by atoms with Crippen molar-refractivity contribution in [2.45, 2.75) is 26.5 Å². The van der Waals surface area contributed by atoms with Crippen LogP contribution in [0.2, 0.25) is 0 Å². The maximum atomic E-state index is 5.81. The molecule has 0 spiro atoms. The zero-order valence-electron chi connectivity index (χ0n) is 12.0. The van der Waals surface area contributed by atoms with E-state index in [1.54, 1.807) is 18.4 Å². The molecule has 2 aromatic rings. The number of rotatable bonds is 8. The lowest BCUT2D eigenvalue weighted by molar-refractivity contribution is 0.284. The Labute approximate surface area is 124 Å². The van der Waals surface area contributed by atoms with Gasteiger partial charge < -0.3 is 14.8 Å². The second-order valence-corrected chi connectivity index (χ2v) is 5.36. The highest BCUT2D eigenvalue weighted by atomic mass is 32.1. The Bertz CT molecular complexity index is 511. The van der Waals surface area contributed by atoms with Crippen molar-refractivity contribution in [1.82, 2.24) is 5.32 Å². The van der Waals surface area contributed by atoms with Gasteiger partial charge in [0.05, 0.1) is 7.11 Å². The van der Waals surface area contributed by atoms with Crippen molar-refractivity contribution in [2.24, 2.45) is 0 Å². The average Bonchev–Trinajstić information content (AvgIpc) is 2.99. The van der Waals surface area contributed by atoms with Gasteiger partial charge in [-0.1, -0.05) is 13.0 Å². The van der Waals surface area contributed by atoms with Gasteiger partial charge in [0.25, 0.3) is 0 Å². The minimum absolute atomic E-state index is 0.577. The molecule has 0 bridgehead atoms. The topological polar surface area (TPSA) is 30.5 Å². The van der Waals surface area contributed by atoms with Crippen LogP contribution in [0, 0.1) is 0 Å². The van der Waals surface area contributed by atoms with Crippen molar-refractivity contribution in [3.8, 4) is 11.5 Å². The Morgan fingerprint density at radius 2 is 2.05 bits per heavy atom. The summed E-state index contributed by atoms with van der Waals surface area (Å²) in [7, 11) is 1.68. The monoisotopic (exact) mass is 291 g/mol. The number of benzene rings is 1. The van der Waals surface area contributed by atoms with Gasteiger partial charge in [0, 0.05) is 6.54 Å². The molecule has 2 rings (SSSR count). The van der Waals surface area contributed by atoms with Gasteiger partial charge in [-0.15, -0.1) is 0 Å². The third-order valence-electron chi connectivity index (χ3n) is 2.96. The van der Waals surface area contributed by atoms with E-state index in [9.17, 15) is 0 Å². The zero-order chi connectivity index (χ0) is 14.2. The number of thiophene rings is 1. The van der Waals surface area contributed by atoms with Gasteiger partial charge in [-0.2, -0.15) is 11.3 Å². The standard InChI is InChI=1S/C16H21NO2S/c1-3-7-17-10-13-4-5-15(16(9-13)18-2)19-11-14-6-8-20-12-14/h4-6,8-9,12,17H,3,7,10-11H2,1-2H3. The Morgan fingerprint density at radius 1 is 1.15 bits per heavy atom. The number of methoxy groups -OCH3 is 1. The van der Waals surface area contributed by atoms with Gasteiger partial charge in [0.2, 0.25) is 0 Å². The fourth-order valence-corrected chi connectivity index (χ4v) is 2.54. The quantitative estimate of drug-likeness (QED) is 0.750. The summed E-state index contributed by atoms with van der Waals surface area (Å²) in [6, 6.07) is 8.16. The fourth-order valence-electron chi connectivity index (χ4n) is 1.89. The summed E-state index contributed by atoms with van der Waals surface area (Å²) in [6.07, 6.45) is 1.14. The molecule has 1 heterocycles. The van der Waals surface area contributed by atoms with Crippen LogP contribution in [0.1, 0.15) is 24.5 Å². The van der Waals surface area contributed by atoms with E-state index in [2.05, 4.69) is 35.1 Å². The van der Waals surface area contributed by atoms with Gasteiger partial charge in [-0.25, -0.2) is 0 Å². The Hall–Kier alpha value is -1.52. The first-order chi connectivity index (χ1) is 9.83. The molecule has 0 saturated carbocycles. The van der Waals surface area contributed by atoms with E-state index >= 15 is 0 Å². The zero-order valence-corrected chi connectivity index (χ0v) is 12.8. The van der Waals surface area contributed by atoms with Gasteiger partial charge in [0.1, 0.15) is 6.61 Å². The van der Waals surface area contributed by atoms with Crippen LogP contribution in [-0.4, -0.2) is 13.7 Å². The third-order valence-corrected chi connectivity index (χ3v) is 3.69. The van der Waals surface area contributed by atoms with Crippen LogP contribution >= 0.6 is 11.3 Å². The molecule has 0 aliphatic carbocycles. The largest absolute Gasteiger partial charge is 0.493 e. The summed E-state index contributed by atoms with van der Waals surface area (Å²) < 4.78 is 11.2. The van der Waals surface area contributed by atoms with Crippen LogP contribution in [0.25, 0.3) is 0 Å². The number of hydrogen-bond acceptors (Lipinski definition) is 4. The van der Waals surface area contributed by atoms with E-state index in [1.807, 2.05) is 12.1 Å². The Morgan fingerprint density at radius 3 is 2.75 bits per heavy atom. The molecule has 1 N–H and O–H groups in total. The van der Waals surface area contributed by atoms with E-state index in [1.165, 1.54) is 11.1 Å². The molecule has 20 heavy (non-hydrogen) atoms. The highest BCUT2D eigenvalue weighted by Gasteiger charge is 2.06. The SMILES string of the molecule is CCCNCc1ccc(OCc2ccsc2)c(OC)c1. The molecule has 0 unspecified atom stereocenters. The summed E-state index contributed by atoms with van der Waals surface area (Å²) in [5.74, 6) is 1.58. The Balaban J connectivity index is 1.98. The average molecular weight is 291 g/mol. The minimum atomic E-state index is 0.577. The lowest BCUT2D eigenvalue weighted by atomic mass is 10.2. The molecule has 0 fully saturated rings. The lowest BCUT2D eigenvalue weighted by Crippen LogP contribution is -2.13. The summed E-state index contributed by atoms with van der Waals surface area (Å²) in [4.78, 5) is 0. The van der Waals surface area contributed by atoms with Gasteiger partial charge in [-0.05, 0) is 53.1 Å². The van der Waals surface area contributed by atoms with Gasteiger partial charge in [-0.3, -0.25) is 0 Å². The molecular weight excluding hydrogens is 270 g/mol. The van der Waals surface area contributed by atoms with Crippen LogP contribution < -0.4 is 14.8 Å². The normalized spacial score (nSPS) is 10.5. The maximum Gasteiger partial charge on any atom is 0.161 e. The summed E-state index contributed by atoms with van der Waals surface area (Å²) >= 11 is 1.68. The predicted molar refractivity (Wildman–Crippen MR) is 83.6 cm³/mol. The van der Waals surface area contributed by atoms with E-state index in [0.717, 1.165) is 31.0 Å². The van der Waals surface area contributed by atoms with Crippen LogP contribution in [0.4, 0.5) is 0 Å². The molecule has 108 valence electrons. The van der Waals surface area contributed by atoms with E-state index < -0.39 is 0 Å². The highest BCUT2D eigenvalue weighted by Crippen LogP contribution is 2.29. The number of hydrogen-bond donors (Lipinski definition) is 1. The van der Waals surface area contributed by atoms with Crippen molar-refractivity contribution >= 4 is 11.3 Å². The fraction of sp³-hybridized carbons (Fsp3) is 0.375. The van der Waals surface area contributed by atoms with Crippen LogP contribution in [0.3, 0.4) is 0 Å². The molecule has 0 amide bonds. The summed E-state index contributed by atoms with van der Waals surface area (Å²) in [6.45, 7) is 4.62. The first-order valence-electron chi connectivity index (χ1n) is 6.85.